The second-order valence-electron chi connectivity index (χ2n) is 8.80. The van der Waals surface area contributed by atoms with Gasteiger partial charge in [0.2, 0.25) is 0 Å². The smallest absolute Gasteiger partial charge is 0.0108 e. The normalized spacial score (nSPS) is 20.0. The Morgan fingerprint density at radius 3 is 0.750 bits per heavy atom. The fraction of sp³-hybridized carbons (Fsp3) is 0.125. The third-order valence-electron chi connectivity index (χ3n) is 7.06. The van der Waals surface area contributed by atoms with Crippen LogP contribution in [0, 0.1) is 11.8 Å². The Balaban J connectivity index is 1.66. The van der Waals surface area contributed by atoms with E-state index in [1.807, 2.05) is 0 Å². The van der Waals surface area contributed by atoms with Crippen molar-refractivity contribution in [2.24, 2.45) is 11.8 Å². The molecule has 0 N–H and O–H groups in total. The van der Waals surface area contributed by atoms with Crippen molar-refractivity contribution in [2.75, 3.05) is 0 Å². The highest BCUT2D eigenvalue weighted by Crippen LogP contribution is 2.60. The summed E-state index contributed by atoms with van der Waals surface area (Å²) >= 11 is 0. The molecule has 0 amide bonds. The summed E-state index contributed by atoms with van der Waals surface area (Å²) in [5, 5.41) is 0. The van der Waals surface area contributed by atoms with Gasteiger partial charge in [0.1, 0.15) is 0 Å². The summed E-state index contributed by atoms with van der Waals surface area (Å²) in [5.74, 6) is 0.797. The second kappa shape index (κ2) is 8.13. The minimum absolute atomic E-state index is 0.398. The molecule has 4 aromatic carbocycles. The molecule has 3 aliphatic rings. The monoisotopic (exact) mass is 410 g/mol. The molecule has 4 aromatic rings. The largest absolute Gasteiger partial charge is 0.0622 e. The highest BCUT2D eigenvalue weighted by molar-refractivity contribution is 6.12. The van der Waals surface area contributed by atoms with Gasteiger partial charge in [0.25, 0.3) is 0 Å². The van der Waals surface area contributed by atoms with E-state index in [4.69, 9.17) is 0 Å². The van der Waals surface area contributed by atoms with Gasteiger partial charge in [-0.25, -0.2) is 0 Å². The first-order chi connectivity index (χ1) is 15.9. The molecule has 0 fully saturated rings. The molecule has 32 heavy (non-hydrogen) atoms. The molecule has 0 aliphatic heterocycles. The highest BCUT2D eigenvalue weighted by atomic mass is 14.5. The average Bonchev–Trinajstić information content (AvgIpc) is 2.90. The lowest BCUT2D eigenvalue weighted by atomic mass is 9.59. The predicted octanol–water partition coefficient (Wildman–Crippen LogP) is 8.25. The molecule has 7 rings (SSSR count). The molecule has 0 heterocycles. The summed E-state index contributed by atoms with van der Waals surface area (Å²) in [5.41, 5.74) is 11.5. The Bertz CT molecular complexity index is 1080. The molecule has 0 aromatic heterocycles. The van der Waals surface area contributed by atoms with Crippen LogP contribution in [0.5, 0.6) is 0 Å². The molecule has 154 valence electrons. The lowest BCUT2D eigenvalue weighted by molar-refractivity contribution is 0.581. The number of hydrogen-bond donors (Lipinski definition) is 0. The topological polar surface area (TPSA) is 0 Å². The van der Waals surface area contributed by atoms with Crippen LogP contribution in [0.2, 0.25) is 0 Å². The van der Waals surface area contributed by atoms with E-state index in [0.29, 0.717) is 11.8 Å². The van der Waals surface area contributed by atoms with Gasteiger partial charge < -0.3 is 0 Å². The van der Waals surface area contributed by atoms with Crippen LogP contribution in [-0.4, -0.2) is 0 Å². The fourth-order valence-corrected chi connectivity index (χ4v) is 5.85. The molecule has 0 radical (unpaired) electrons. The Morgan fingerprint density at radius 1 is 0.312 bits per heavy atom. The highest BCUT2D eigenvalue weighted by Gasteiger charge is 2.42. The lowest BCUT2D eigenvalue weighted by Crippen LogP contribution is -2.28. The van der Waals surface area contributed by atoms with Gasteiger partial charge >= 0.3 is 0 Å². The van der Waals surface area contributed by atoms with Gasteiger partial charge in [-0.3, -0.25) is 0 Å². The quantitative estimate of drug-likeness (QED) is 0.318. The van der Waals surface area contributed by atoms with Crippen LogP contribution in [0.25, 0.3) is 22.3 Å². The van der Waals surface area contributed by atoms with Crippen LogP contribution in [0.4, 0.5) is 0 Å². The molecule has 2 bridgehead atoms. The summed E-state index contributed by atoms with van der Waals surface area (Å²) in [6, 6.07) is 44.3. The first-order valence-electron chi connectivity index (χ1n) is 11.6. The van der Waals surface area contributed by atoms with Crippen LogP contribution >= 0.6 is 0 Å². The third kappa shape index (κ3) is 3.15. The van der Waals surface area contributed by atoms with Crippen LogP contribution in [0.3, 0.4) is 0 Å². The van der Waals surface area contributed by atoms with Crippen LogP contribution in [0.1, 0.15) is 35.1 Å². The van der Waals surface area contributed by atoms with E-state index in [2.05, 4.69) is 121 Å². The molecular formula is C32H26. The van der Waals surface area contributed by atoms with Crippen molar-refractivity contribution in [1.82, 2.24) is 0 Å². The summed E-state index contributed by atoms with van der Waals surface area (Å²) < 4.78 is 0. The second-order valence-corrected chi connectivity index (χ2v) is 8.80. The van der Waals surface area contributed by atoms with Crippen LogP contribution in [-0.2, 0) is 0 Å². The van der Waals surface area contributed by atoms with Gasteiger partial charge in [0.15, 0.2) is 0 Å². The molecule has 0 saturated carbocycles. The average molecular weight is 411 g/mol. The van der Waals surface area contributed by atoms with Crippen molar-refractivity contribution >= 4 is 22.3 Å². The minimum Gasteiger partial charge on any atom is -0.0622 e. The molecule has 3 aliphatic carbocycles. The molecular weight excluding hydrogens is 384 g/mol. The molecule has 0 heteroatoms. The first kappa shape index (κ1) is 19.1. The van der Waals surface area contributed by atoms with E-state index in [1.165, 1.54) is 57.4 Å². The molecule has 0 unspecified atom stereocenters. The SMILES string of the molecule is c1ccc(C2=C(c3ccccc3)C3CCC2C(c2ccccc2)=C3c2ccccc2)cc1. The number of rotatable bonds is 4. The Hall–Kier alpha value is -3.64. The van der Waals surface area contributed by atoms with Crippen molar-refractivity contribution < 1.29 is 0 Å². The van der Waals surface area contributed by atoms with Crippen LogP contribution in [0.15, 0.2) is 121 Å². The molecule has 0 saturated heterocycles. The fourth-order valence-electron chi connectivity index (χ4n) is 5.85. The summed E-state index contributed by atoms with van der Waals surface area (Å²) in [4.78, 5) is 0. The summed E-state index contributed by atoms with van der Waals surface area (Å²) in [6.07, 6.45) is 2.40. The predicted molar refractivity (Wildman–Crippen MR) is 136 cm³/mol. The van der Waals surface area contributed by atoms with Crippen molar-refractivity contribution in [3.8, 4) is 0 Å². The number of allylic oxidation sites excluding steroid dienone is 4. The van der Waals surface area contributed by atoms with Crippen molar-refractivity contribution in [3.05, 3.63) is 144 Å². The number of benzene rings is 4. The van der Waals surface area contributed by atoms with E-state index in [0.717, 1.165) is 0 Å². The van der Waals surface area contributed by atoms with E-state index >= 15 is 0 Å². The lowest BCUT2D eigenvalue weighted by Gasteiger charge is -2.45. The first-order valence-corrected chi connectivity index (χ1v) is 11.6. The maximum atomic E-state index is 2.30. The molecule has 0 atom stereocenters. The summed E-state index contributed by atoms with van der Waals surface area (Å²) in [6.45, 7) is 0. The zero-order valence-corrected chi connectivity index (χ0v) is 18.1. The van der Waals surface area contributed by atoms with E-state index < -0.39 is 0 Å². The van der Waals surface area contributed by atoms with Gasteiger partial charge in [0, 0.05) is 11.8 Å². The van der Waals surface area contributed by atoms with E-state index in [-0.39, 0.29) is 0 Å². The summed E-state index contributed by atoms with van der Waals surface area (Å²) in [7, 11) is 0. The Morgan fingerprint density at radius 2 is 0.531 bits per heavy atom. The van der Waals surface area contributed by atoms with Gasteiger partial charge in [-0.05, 0) is 57.4 Å². The van der Waals surface area contributed by atoms with Crippen molar-refractivity contribution in [2.45, 2.75) is 12.8 Å². The van der Waals surface area contributed by atoms with E-state index in [1.54, 1.807) is 0 Å². The maximum Gasteiger partial charge on any atom is 0.0108 e. The zero-order valence-electron chi connectivity index (χ0n) is 18.1. The maximum absolute atomic E-state index is 2.30. The van der Waals surface area contributed by atoms with Crippen molar-refractivity contribution in [1.29, 1.82) is 0 Å². The Labute approximate surface area is 190 Å². The zero-order chi connectivity index (χ0) is 21.3. The standard InChI is InChI=1S/C32H26/c1-5-13-23(14-6-1)29-27-21-22-28(30(29)24-15-7-2-8-16-24)32(26-19-11-4-12-20-26)31(27)25-17-9-3-10-18-25/h1-20,27-28H,21-22H2. The van der Waals surface area contributed by atoms with Gasteiger partial charge in [0.05, 0.1) is 0 Å². The van der Waals surface area contributed by atoms with Gasteiger partial charge in [-0.2, -0.15) is 0 Å². The van der Waals surface area contributed by atoms with Crippen LogP contribution < -0.4 is 0 Å². The third-order valence-corrected chi connectivity index (χ3v) is 7.06. The Kier molecular flexibility index (Phi) is 4.85. The van der Waals surface area contributed by atoms with Crippen molar-refractivity contribution in [3.63, 3.8) is 0 Å². The molecule has 0 spiro atoms. The van der Waals surface area contributed by atoms with Gasteiger partial charge in [-0.15, -0.1) is 0 Å². The molecule has 0 nitrogen and oxygen atoms in total. The van der Waals surface area contributed by atoms with E-state index in [9.17, 15) is 0 Å². The van der Waals surface area contributed by atoms with Gasteiger partial charge in [-0.1, -0.05) is 121 Å². The number of hydrogen-bond acceptors (Lipinski definition) is 0. The number of fused-ring (bicyclic) bond motifs is 1. The minimum atomic E-state index is 0.398.